The lowest BCUT2D eigenvalue weighted by Crippen LogP contribution is -2.52. The van der Waals surface area contributed by atoms with Crippen LogP contribution in [-0.2, 0) is 28.5 Å². The number of allylic oxidation sites excluding steroid dienone is 2. The molecule has 10 heteroatoms. The Morgan fingerprint density at radius 1 is 1.05 bits per heavy atom. The van der Waals surface area contributed by atoms with Gasteiger partial charge >= 0.3 is 6.09 Å². The van der Waals surface area contributed by atoms with Gasteiger partial charge in [0.1, 0.15) is 6.10 Å². The van der Waals surface area contributed by atoms with Crippen molar-refractivity contribution in [3.63, 3.8) is 0 Å². The standard InChI is InChI=1S/C34H53N3O7/c1-25(10-13-29-20-34(24-42-34)23-33(3,4)44-29)11-15-31-40-21-27(22-41-31)35-30(38)14-12-26(2)43-32(39)37-18-16-36(17-19-37)28-8-6-5-7-9-28/h10-14,26-29,31H,5-9,15-24H2,1-4H3,(H,35,38)/b13-10+,14-12-,25-11+. The number of hydrogen-bond donors (Lipinski definition) is 1. The van der Waals surface area contributed by atoms with Gasteiger partial charge in [-0.15, -0.1) is 0 Å². The number of epoxide rings is 1. The highest BCUT2D eigenvalue weighted by atomic mass is 16.7. The number of rotatable bonds is 9. The molecular formula is C34H53N3O7. The van der Waals surface area contributed by atoms with Crippen molar-refractivity contribution in [2.45, 2.75) is 121 Å². The van der Waals surface area contributed by atoms with E-state index in [1.165, 1.54) is 38.2 Å². The molecule has 2 amide bonds. The molecule has 1 aliphatic carbocycles. The summed E-state index contributed by atoms with van der Waals surface area (Å²) < 4.78 is 29.2. The third-order valence-electron chi connectivity index (χ3n) is 9.33. The lowest BCUT2D eigenvalue weighted by atomic mass is 9.85. The second kappa shape index (κ2) is 14.9. The molecule has 4 saturated heterocycles. The molecule has 4 aliphatic heterocycles. The van der Waals surface area contributed by atoms with Gasteiger partial charge in [0.2, 0.25) is 5.91 Å². The summed E-state index contributed by atoms with van der Waals surface area (Å²) in [5.74, 6) is -0.267. The zero-order valence-electron chi connectivity index (χ0n) is 27.1. The van der Waals surface area contributed by atoms with Crippen molar-refractivity contribution in [3.8, 4) is 0 Å². The largest absolute Gasteiger partial charge is 0.442 e. The molecular weight excluding hydrogens is 562 g/mol. The first-order valence-electron chi connectivity index (χ1n) is 16.7. The maximum Gasteiger partial charge on any atom is 0.410 e. The molecule has 3 unspecified atom stereocenters. The van der Waals surface area contributed by atoms with Gasteiger partial charge in [-0.05, 0) is 46.6 Å². The Labute approximate surface area is 263 Å². The van der Waals surface area contributed by atoms with Crippen LogP contribution in [0.3, 0.4) is 0 Å². The van der Waals surface area contributed by atoms with Gasteiger partial charge in [0.15, 0.2) is 6.29 Å². The Morgan fingerprint density at radius 3 is 2.43 bits per heavy atom. The molecule has 5 aliphatic rings. The second-order valence-electron chi connectivity index (χ2n) is 13.9. The molecule has 10 nitrogen and oxygen atoms in total. The molecule has 4 heterocycles. The van der Waals surface area contributed by atoms with E-state index in [2.05, 4.69) is 49.2 Å². The number of nitrogens with zero attached hydrogens (tertiary/aromatic N) is 2. The fourth-order valence-electron chi connectivity index (χ4n) is 6.97. The SMILES string of the molecule is CC(/C=C/C1CC2(CO2)CC(C)(C)O1)=C\CC1OCC(NC(=O)/C=C\C(C)OC(=O)N2CCN(C3CCCCC3)CC2)CO1. The van der Waals surface area contributed by atoms with Gasteiger partial charge in [-0.3, -0.25) is 9.69 Å². The predicted octanol–water partition coefficient (Wildman–Crippen LogP) is 4.49. The zero-order chi connectivity index (χ0) is 31.2. The van der Waals surface area contributed by atoms with E-state index in [0.29, 0.717) is 38.8 Å². The number of ether oxygens (including phenoxy) is 5. The molecule has 0 aromatic heterocycles. The summed E-state index contributed by atoms with van der Waals surface area (Å²) in [7, 11) is 0. The van der Waals surface area contributed by atoms with Crippen molar-refractivity contribution < 1.29 is 33.3 Å². The summed E-state index contributed by atoms with van der Waals surface area (Å²) in [6.45, 7) is 12.8. The topological polar surface area (TPSA) is 102 Å². The molecule has 246 valence electrons. The number of nitrogens with one attached hydrogen (secondary N) is 1. The number of piperazine rings is 1. The van der Waals surface area contributed by atoms with Gasteiger partial charge < -0.3 is 33.9 Å². The minimum Gasteiger partial charge on any atom is -0.442 e. The average molecular weight is 616 g/mol. The van der Waals surface area contributed by atoms with Gasteiger partial charge in [-0.1, -0.05) is 43.1 Å². The summed E-state index contributed by atoms with van der Waals surface area (Å²) in [4.78, 5) is 29.4. The van der Waals surface area contributed by atoms with E-state index in [0.717, 1.165) is 38.1 Å². The minimum absolute atomic E-state index is 0.00875. The first-order chi connectivity index (χ1) is 21.1. The first kappa shape index (κ1) is 33.1. The highest BCUT2D eigenvalue weighted by molar-refractivity contribution is 5.87. The van der Waals surface area contributed by atoms with Crippen LogP contribution in [0.1, 0.15) is 79.1 Å². The van der Waals surface area contributed by atoms with Gasteiger partial charge in [-0.25, -0.2) is 4.79 Å². The molecule has 3 atom stereocenters. The van der Waals surface area contributed by atoms with Gasteiger partial charge in [0, 0.05) is 57.6 Å². The Morgan fingerprint density at radius 2 is 1.75 bits per heavy atom. The van der Waals surface area contributed by atoms with Crippen molar-refractivity contribution in [1.29, 1.82) is 0 Å². The van der Waals surface area contributed by atoms with Crippen molar-refractivity contribution in [2.24, 2.45) is 0 Å². The van der Waals surface area contributed by atoms with E-state index in [9.17, 15) is 9.59 Å². The molecule has 5 rings (SSSR count). The molecule has 44 heavy (non-hydrogen) atoms. The third kappa shape index (κ3) is 9.88. The van der Waals surface area contributed by atoms with Crippen LogP contribution in [0.25, 0.3) is 0 Å². The first-order valence-corrected chi connectivity index (χ1v) is 16.7. The third-order valence-corrected chi connectivity index (χ3v) is 9.33. The quantitative estimate of drug-likeness (QED) is 0.230. The van der Waals surface area contributed by atoms with Crippen LogP contribution in [0.2, 0.25) is 0 Å². The van der Waals surface area contributed by atoms with Crippen molar-refractivity contribution >= 4 is 12.0 Å². The summed E-state index contributed by atoms with van der Waals surface area (Å²) in [5.41, 5.74) is 0.948. The van der Waals surface area contributed by atoms with Crippen LogP contribution in [-0.4, -0.2) is 110 Å². The van der Waals surface area contributed by atoms with Crippen LogP contribution in [0.15, 0.2) is 36.0 Å². The maximum atomic E-state index is 12.6. The lowest BCUT2D eigenvalue weighted by molar-refractivity contribution is -0.187. The van der Waals surface area contributed by atoms with E-state index >= 15 is 0 Å². The van der Waals surface area contributed by atoms with E-state index in [1.807, 2.05) is 0 Å². The van der Waals surface area contributed by atoms with Gasteiger partial charge in [-0.2, -0.15) is 0 Å². The predicted molar refractivity (Wildman–Crippen MR) is 167 cm³/mol. The van der Waals surface area contributed by atoms with Crippen LogP contribution in [0.4, 0.5) is 4.79 Å². The fourth-order valence-corrected chi connectivity index (χ4v) is 6.97. The summed E-state index contributed by atoms with van der Waals surface area (Å²) >= 11 is 0. The average Bonchev–Trinajstić information content (AvgIpc) is 3.75. The number of carbonyl (C=O) groups is 2. The normalized spacial score (nSPS) is 32.7. The van der Waals surface area contributed by atoms with E-state index in [4.69, 9.17) is 23.7 Å². The monoisotopic (exact) mass is 615 g/mol. The Kier molecular flexibility index (Phi) is 11.2. The van der Waals surface area contributed by atoms with Crippen molar-refractivity contribution in [3.05, 3.63) is 36.0 Å². The maximum absolute atomic E-state index is 12.6. The Hall–Kier alpha value is -2.24. The van der Waals surface area contributed by atoms with Crippen LogP contribution in [0.5, 0.6) is 0 Å². The Bertz CT molecular complexity index is 1060. The number of hydrogen-bond acceptors (Lipinski definition) is 8. The second-order valence-corrected chi connectivity index (χ2v) is 13.9. The molecule has 0 radical (unpaired) electrons. The van der Waals surface area contributed by atoms with Crippen LogP contribution in [0, 0.1) is 0 Å². The summed E-state index contributed by atoms with van der Waals surface area (Å²) in [6.07, 6.45) is 17.2. The molecule has 0 bridgehead atoms. The fraction of sp³-hybridized carbons (Fsp3) is 0.765. The van der Waals surface area contributed by atoms with Gasteiger partial charge in [0.05, 0.1) is 43.2 Å². The van der Waals surface area contributed by atoms with Crippen molar-refractivity contribution in [1.82, 2.24) is 15.1 Å². The highest BCUT2D eigenvalue weighted by Gasteiger charge is 2.53. The zero-order valence-corrected chi connectivity index (χ0v) is 27.1. The Balaban J connectivity index is 0.949. The summed E-state index contributed by atoms with van der Waals surface area (Å²) in [6, 6.07) is 0.429. The van der Waals surface area contributed by atoms with Gasteiger partial charge in [0.25, 0.3) is 0 Å². The van der Waals surface area contributed by atoms with Crippen LogP contribution < -0.4 is 5.32 Å². The highest BCUT2D eigenvalue weighted by Crippen LogP contribution is 2.46. The molecule has 1 spiro atoms. The smallest absolute Gasteiger partial charge is 0.410 e. The molecule has 0 aromatic rings. The van der Waals surface area contributed by atoms with E-state index < -0.39 is 6.10 Å². The molecule has 5 fully saturated rings. The molecule has 1 N–H and O–H groups in total. The molecule has 1 saturated carbocycles. The molecule has 0 aromatic carbocycles. The number of amides is 2. The lowest BCUT2D eigenvalue weighted by Gasteiger charge is -2.40. The van der Waals surface area contributed by atoms with Crippen molar-refractivity contribution in [2.75, 3.05) is 46.0 Å². The number of carbonyl (C=O) groups excluding carboxylic acids is 2. The minimum atomic E-state index is -0.503. The van der Waals surface area contributed by atoms with Crippen LogP contribution >= 0.6 is 0 Å². The van der Waals surface area contributed by atoms with E-state index in [-0.39, 0.29) is 41.6 Å². The summed E-state index contributed by atoms with van der Waals surface area (Å²) in [5, 5.41) is 2.90. The van der Waals surface area contributed by atoms with E-state index in [1.54, 1.807) is 17.9 Å².